The van der Waals surface area contributed by atoms with Crippen molar-refractivity contribution in [2.24, 2.45) is 0 Å². The van der Waals surface area contributed by atoms with Crippen LogP contribution in [0.2, 0.25) is 0 Å². The molecule has 1 aliphatic rings. The van der Waals surface area contributed by atoms with Crippen LogP contribution in [0, 0.1) is 6.92 Å². The fraction of sp³-hybridized carbons (Fsp3) is 0.333. The maximum atomic E-state index is 12.2. The summed E-state index contributed by atoms with van der Waals surface area (Å²) in [6.45, 7) is 2.88. The highest BCUT2D eigenvalue weighted by atomic mass is 35.5. The number of sulfonamides is 1. The predicted octanol–water partition coefficient (Wildman–Crippen LogP) is 2.18. The van der Waals surface area contributed by atoms with Gasteiger partial charge in [-0.3, -0.25) is 0 Å². The van der Waals surface area contributed by atoms with Crippen molar-refractivity contribution in [3.63, 3.8) is 0 Å². The number of aryl methyl sites for hydroxylation is 1. The van der Waals surface area contributed by atoms with Crippen LogP contribution < -0.4 is 10.0 Å². The second-order valence-electron chi connectivity index (χ2n) is 5.17. The van der Waals surface area contributed by atoms with E-state index in [-0.39, 0.29) is 23.5 Å². The second-order valence-corrected chi connectivity index (χ2v) is 6.87. The largest absolute Gasteiger partial charge is 0.449 e. The molecule has 0 radical (unpaired) electrons. The van der Waals surface area contributed by atoms with Crippen molar-refractivity contribution in [3.8, 4) is 0 Å². The van der Waals surface area contributed by atoms with Crippen LogP contribution in [0.5, 0.6) is 0 Å². The van der Waals surface area contributed by atoms with Crippen LogP contribution in [0.15, 0.2) is 45.9 Å². The summed E-state index contributed by atoms with van der Waals surface area (Å²) in [6.07, 6.45) is 0.969. The van der Waals surface area contributed by atoms with Gasteiger partial charge in [0.05, 0.1) is 0 Å². The number of fused-ring (bicyclic) bond motifs is 1. The third-order valence-corrected chi connectivity index (χ3v) is 4.97. The lowest BCUT2D eigenvalue weighted by Crippen LogP contribution is -2.38. The van der Waals surface area contributed by atoms with E-state index in [1.54, 1.807) is 13.0 Å². The van der Waals surface area contributed by atoms with Crippen LogP contribution in [0.4, 0.5) is 0 Å². The van der Waals surface area contributed by atoms with E-state index in [1.165, 1.54) is 11.6 Å². The van der Waals surface area contributed by atoms with Gasteiger partial charge in [0.1, 0.15) is 5.76 Å². The molecule has 0 spiro atoms. The van der Waals surface area contributed by atoms with E-state index in [0.29, 0.717) is 12.3 Å². The van der Waals surface area contributed by atoms with Crippen LogP contribution in [0.3, 0.4) is 0 Å². The summed E-state index contributed by atoms with van der Waals surface area (Å²) in [4.78, 5) is 0. The third kappa shape index (κ3) is 3.52. The Morgan fingerprint density at radius 1 is 1.27 bits per heavy atom. The standard InChI is InChI=1S/C15H18N2O3S.ClH/c1-11-6-7-15(20-11)21(18,19)17-10-14-13-5-3-2-4-12(13)8-9-16-14;/h2-7,14,16-17H,8-10H2,1H3;1H. The van der Waals surface area contributed by atoms with E-state index in [2.05, 4.69) is 16.1 Å². The predicted molar refractivity (Wildman–Crippen MR) is 86.8 cm³/mol. The first kappa shape index (κ1) is 17.0. The molecular weight excluding hydrogens is 324 g/mol. The highest BCUT2D eigenvalue weighted by Gasteiger charge is 2.23. The molecule has 0 saturated heterocycles. The van der Waals surface area contributed by atoms with Crippen LogP contribution in [0.1, 0.15) is 22.9 Å². The lowest BCUT2D eigenvalue weighted by Gasteiger charge is -2.26. The Labute approximate surface area is 136 Å². The molecule has 0 amide bonds. The van der Waals surface area contributed by atoms with Gasteiger partial charge in [-0.05, 0) is 43.1 Å². The number of rotatable bonds is 4. The smallest absolute Gasteiger partial charge is 0.274 e. The number of nitrogens with one attached hydrogen (secondary N) is 2. The van der Waals surface area contributed by atoms with Gasteiger partial charge in [-0.1, -0.05) is 24.3 Å². The summed E-state index contributed by atoms with van der Waals surface area (Å²) in [5.74, 6) is 0.580. The van der Waals surface area contributed by atoms with E-state index < -0.39 is 10.0 Å². The molecule has 0 fully saturated rings. The van der Waals surface area contributed by atoms with Crippen molar-refractivity contribution in [2.45, 2.75) is 24.5 Å². The molecule has 2 aromatic rings. The van der Waals surface area contributed by atoms with Gasteiger partial charge in [0, 0.05) is 12.6 Å². The molecule has 5 nitrogen and oxygen atoms in total. The zero-order chi connectivity index (χ0) is 14.9. The Morgan fingerprint density at radius 2 is 2.05 bits per heavy atom. The van der Waals surface area contributed by atoms with E-state index >= 15 is 0 Å². The van der Waals surface area contributed by atoms with Gasteiger partial charge in [0.15, 0.2) is 0 Å². The Balaban J connectivity index is 0.00000176. The number of hydrogen-bond acceptors (Lipinski definition) is 4. The molecule has 22 heavy (non-hydrogen) atoms. The van der Waals surface area contributed by atoms with Gasteiger partial charge in [0.2, 0.25) is 5.09 Å². The first-order chi connectivity index (χ1) is 10.1. The zero-order valence-electron chi connectivity index (χ0n) is 12.2. The third-order valence-electron chi connectivity index (χ3n) is 3.67. The SMILES string of the molecule is Cc1ccc(S(=O)(=O)NCC2NCCc3ccccc32)o1.Cl. The highest BCUT2D eigenvalue weighted by molar-refractivity contribution is 7.89. The maximum absolute atomic E-state index is 12.2. The molecule has 1 aliphatic heterocycles. The first-order valence-electron chi connectivity index (χ1n) is 6.93. The Kier molecular flexibility index (Phi) is 5.28. The lowest BCUT2D eigenvalue weighted by atomic mass is 9.95. The average Bonchev–Trinajstić information content (AvgIpc) is 2.93. The normalized spacial score (nSPS) is 17.6. The molecule has 1 atom stereocenters. The lowest BCUT2D eigenvalue weighted by molar-refractivity contribution is 0.421. The minimum absolute atomic E-state index is 0. The minimum Gasteiger partial charge on any atom is -0.449 e. The van der Waals surface area contributed by atoms with E-state index in [1.807, 2.05) is 18.2 Å². The molecule has 120 valence electrons. The summed E-state index contributed by atoms with van der Waals surface area (Å²) in [7, 11) is -3.60. The molecular formula is C15H19ClN2O3S. The van der Waals surface area contributed by atoms with Gasteiger partial charge in [-0.25, -0.2) is 13.1 Å². The summed E-state index contributed by atoms with van der Waals surface area (Å²) < 4.78 is 32.1. The van der Waals surface area contributed by atoms with Crippen LogP contribution in [-0.4, -0.2) is 21.5 Å². The van der Waals surface area contributed by atoms with Crippen molar-refractivity contribution in [2.75, 3.05) is 13.1 Å². The van der Waals surface area contributed by atoms with Crippen LogP contribution in [0.25, 0.3) is 0 Å². The highest BCUT2D eigenvalue weighted by Crippen LogP contribution is 2.22. The molecule has 1 unspecified atom stereocenters. The number of benzene rings is 1. The van der Waals surface area contributed by atoms with E-state index in [4.69, 9.17) is 4.42 Å². The molecule has 0 bridgehead atoms. The molecule has 2 heterocycles. The molecule has 3 rings (SSSR count). The van der Waals surface area contributed by atoms with Gasteiger partial charge >= 0.3 is 0 Å². The Bertz CT molecular complexity index is 743. The zero-order valence-corrected chi connectivity index (χ0v) is 13.8. The quantitative estimate of drug-likeness (QED) is 0.893. The molecule has 0 saturated carbocycles. The summed E-state index contributed by atoms with van der Waals surface area (Å²) in [5, 5.41) is 3.31. The topological polar surface area (TPSA) is 71.3 Å². The van der Waals surface area contributed by atoms with E-state index in [0.717, 1.165) is 18.5 Å². The fourth-order valence-corrected chi connectivity index (χ4v) is 3.61. The van der Waals surface area contributed by atoms with Crippen LogP contribution in [-0.2, 0) is 16.4 Å². The summed E-state index contributed by atoms with van der Waals surface area (Å²) in [6, 6.07) is 11.2. The Hall–Kier alpha value is -1.34. The Morgan fingerprint density at radius 3 is 2.77 bits per heavy atom. The monoisotopic (exact) mass is 342 g/mol. The molecule has 2 N–H and O–H groups in total. The number of hydrogen-bond donors (Lipinski definition) is 2. The van der Waals surface area contributed by atoms with Gasteiger partial charge in [0.25, 0.3) is 10.0 Å². The van der Waals surface area contributed by atoms with Gasteiger partial charge in [-0.2, -0.15) is 0 Å². The summed E-state index contributed by atoms with van der Waals surface area (Å²) >= 11 is 0. The van der Waals surface area contributed by atoms with Crippen LogP contribution >= 0.6 is 12.4 Å². The molecule has 1 aromatic carbocycles. The van der Waals surface area contributed by atoms with Crippen molar-refractivity contribution in [1.29, 1.82) is 0 Å². The van der Waals surface area contributed by atoms with Crippen molar-refractivity contribution >= 4 is 22.4 Å². The molecule has 1 aromatic heterocycles. The minimum atomic E-state index is -3.60. The fourth-order valence-electron chi connectivity index (χ4n) is 2.60. The van der Waals surface area contributed by atoms with Crippen molar-refractivity contribution < 1.29 is 12.8 Å². The summed E-state index contributed by atoms with van der Waals surface area (Å²) in [5.41, 5.74) is 2.43. The number of furan rings is 1. The first-order valence-corrected chi connectivity index (χ1v) is 8.42. The van der Waals surface area contributed by atoms with Gasteiger partial charge in [-0.15, -0.1) is 12.4 Å². The van der Waals surface area contributed by atoms with Gasteiger partial charge < -0.3 is 9.73 Å². The second kappa shape index (κ2) is 6.83. The van der Waals surface area contributed by atoms with Crippen molar-refractivity contribution in [3.05, 3.63) is 53.3 Å². The molecule has 7 heteroatoms. The maximum Gasteiger partial charge on any atom is 0.274 e. The van der Waals surface area contributed by atoms with Crippen molar-refractivity contribution in [1.82, 2.24) is 10.0 Å². The molecule has 0 aliphatic carbocycles. The number of halogens is 1. The van der Waals surface area contributed by atoms with E-state index in [9.17, 15) is 8.42 Å². The average molecular weight is 343 g/mol.